The van der Waals surface area contributed by atoms with Crippen molar-refractivity contribution in [2.45, 2.75) is 20.0 Å². The van der Waals surface area contributed by atoms with Crippen molar-refractivity contribution in [1.29, 1.82) is 0 Å². The Labute approximate surface area is 150 Å². The normalized spacial score (nSPS) is 11.6. The van der Waals surface area contributed by atoms with Crippen molar-refractivity contribution in [3.63, 3.8) is 0 Å². The fourth-order valence-electron chi connectivity index (χ4n) is 2.36. The first-order chi connectivity index (χ1) is 12.3. The lowest BCUT2D eigenvalue weighted by molar-refractivity contribution is -0.137. The van der Waals surface area contributed by atoms with Crippen LogP contribution >= 0.6 is 11.3 Å². The van der Waals surface area contributed by atoms with Gasteiger partial charge in [0.2, 0.25) is 5.88 Å². The number of halogens is 3. The zero-order valence-electron chi connectivity index (χ0n) is 13.8. The van der Waals surface area contributed by atoms with Crippen LogP contribution in [0, 0.1) is 13.8 Å². The summed E-state index contributed by atoms with van der Waals surface area (Å²) in [7, 11) is 0. The topological polar surface area (TPSA) is 64.1 Å². The van der Waals surface area contributed by atoms with Gasteiger partial charge < -0.3 is 10.1 Å². The molecule has 0 spiro atoms. The van der Waals surface area contributed by atoms with E-state index < -0.39 is 17.6 Å². The molecule has 0 aliphatic rings. The Kier molecular flexibility index (Phi) is 4.82. The Morgan fingerprint density at radius 2 is 2.04 bits per heavy atom. The quantitative estimate of drug-likeness (QED) is 0.730. The number of benzene rings is 1. The van der Waals surface area contributed by atoms with Crippen LogP contribution in [0.15, 0.2) is 30.6 Å². The summed E-state index contributed by atoms with van der Waals surface area (Å²) < 4.78 is 43.6. The number of hydrogen-bond donors (Lipinski definition) is 1. The van der Waals surface area contributed by atoms with Gasteiger partial charge in [-0.1, -0.05) is 6.07 Å². The van der Waals surface area contributed by atoms with Gasteiger partial charge in [-0.15, -0.1) is 11.3 Å². The van der Waals surface area contributed by atoms with Crippen LogP contribution in [0.4, 0.5) is 18.9 Å². The zero-order chi connectivity index (χ0) is 18.9. The van der Waals surface area contributed by atoms with Crippen LogP contribution in [-0.4, -0.2) is 22.5 Å². The molecule has 0 atom stereocenters. The van der Waals surface area contributed by atoms with Gasteiger partial charge in [-0.05, 0) is 37.6 Å². The predicted molar refractivity (Wildman–Crippen MR) is 92.5 cm³/mol. The summed E-state index contributed by atoms with van der Waals surface area (Å²) >= 11 is 1.50. The number of aromatic nitrogens is 2. The molecular formula is C17H14F3N3O2S. The molecule has 2 aromatic heterocycles. The number of anilines is 1. The second-order valence-electron chi connectivity index (χ2n) is 5.56. The summed E-state index contributed by atoms with van der Waals surface area (Å²) in [5, 5.41) is 3.13. The lowest BCUT2D eigenvalue weighted by Gasteiger charge is -2.10. The highest BCUT2D eigenvalue weighted by Gasteiger charge is 2.30. The van der Waals surface area contributed by atoms with Crippen LogP contribution in [0.1, 0.15) is 16.0 Å². The van der Waals surface area contributed by atoms with Crippen LogP contribution in [0.3, 0.4) is 0 Å². The third-order valence-electron chi connectivity index (χ3n) is 3.74. The van der Waals surface area contributed by atoms with Gasteiger partial charge in [0.1, 0.15) is 11.2 Å². The largest absolute Gasteiger partial charge is 0.467 e. The number of nitrogens with zero attached hydrogens (tertiary/aromatic N) is 2. The minimum Gasteiger partial charge on any atom is -0.467 e. The molecule has 1 aromatic carbocycles. The number of carbonyl (C=O) groups is 1. The van der Waals surface area contributed by atoms with Crippen LogP contribution in [0.5, 0.6) is 5.88 Å². The maximum atomic E-state index is 12.7. The van der Waals surface area contributed by atoms with Gasteiger partial charge in [-0.2, -0.15) is 13.2 Å². The van der Waals surface area contributed by atoms with Gasteiger partial charge in [0, 0.05) is 10.6 Å². The van der Waals surface area contributed by atoms with E-state index in [-0.39, 0.29) is 18.2 Å². The number of ether oxygens (including phenoxy) is 1. The second-order valence-corrected chi connectivity index (χ2v) is 6.76. The average Bonchev–Trinajstić information content (AvgIpc) is 2.87. The molecule has 0 unspecified atom stereocenters. The van der Waals surface area contributed by atoms with Crippen molar-refractivity contribution in [1.82, 2.24) is 9.97 Å². The first-order valence-corrected chi connectivity index (χ1v) is 8.38. The summed E-state index contributed by atoms with van der Waals surface area (Å²) in [5.41, 5.74) is 0.181. The molecule has 3 rings (SSSR count). The number of rotatable bonds is 4. The molecule has 0 saturated carbocycles. The minimum absolute atomic E-state index is 0.0452. The van der Waals surface area contributed by atoms with E-state index in [4.69, 9.17) is 4.74 Å². The van der Waals surface area contributed by atoms with Crippen molar-refractivity contribution in [2.24, 2.45) is 0 Å². The Balaban J connectivity index is 1.71. The monoisotopic (exact) mass is 381 g/mol. The smallest absolute Gasteiger partial charge is 0.416 e. The highest BCUT2D eigenvalue weighted by Crippen LogP contribution is 2.33. The number of alkyl halides is 3. The molecule has 0 saturated heterocycles. The first-order valence-electron chi connectivity index (χ1n) is 7.56. The number of aryl methyl sites for hydroxylation is 2. The Morgan fingerprint density at radius 3 is 2.77 bits per heavy atom. The highest BCUT2D eigenvalue weighted by molar-refractivity contribution is 7.18. The molecule has 5 nitrogen and oxygen atoms in total. The summed E-state index contributed by atoms with van der Waals surface area (Å²) in [5.74, 6) is -0.309. The maximum absolute atomic E-state index is 12.7. The van der Waals surface area contributed by atoms with E-state index in [1.54, 1.807) is 0 Å². The third kappa shape index (κ3) is 3.77. The first kappa shape index (κ1) is 18.1. The van der Waals surface area contributed by atoms with Crippen LogP contribution in [-0.2, 0) is 11.0 Å². The fourth-order valence-corrected chi connectivity index (χ4v) is 3.35. The standard InChI is InChI=1S/C17H14F3N3O2S/c1-9-10(2)26-16-14(9)15(21-8-22-16)25-7-13(24)23-12-5-3-4-11(6-12)17(18,19)20/h3-6,8H,7H2,1-2H3,(H,23,24). The number of thiophene rings is 1. The number of amides is 1. The van der Waals surface area contributed by atoms with Gasteiger partial charge in [0.15, 0.2) is 6.61 Å². The van der Waals surface area contributed by atoms with E-state index in [9.17, 15) is 18.0 Å². The number of nitrogens with one attached hydrogen (secondary N) is 1. The van der Waals surface area contributed by atoms with E-state index in [2.05, 4.69) is 15.3 Å². The lowest BCUT2D eigenvalue weighted by atomic mass is 10.2. The number of fused-ring (bicyclic) bond motifs is 1. The minimum atomic E-state index is -4.47. The predicted octanol–water partition coefficient (Wildman–Crippen LogP) is 4.34. The van der Waals surface area contributed by atoms with Gasteiger partial charge >= 0.3 is 6.18 Å². The fraction of sp³-hybridized carbons (Fsp3) is 0.235. The van der Waals surface area contributed by atoms with Gasteiger partial charge in [0.25, 0.3) is 5.91 Å². The van der Waals surface area contributed by atoms with Crippen molar-refractivity contribution in [3.05, 3.63) is 46.6 Å². The molecule has 0 bridgehead atoms. The van der Waals surface area contributed by atoms with Gasteiger partial charge in [-0.3, -0.25) is 4.79 Å². The third-order valence-corrected chi connectivity index (χ3v) is 4.86. The SMILES string of the molecule is Cc1sc2ncnc(OCC(=O)Nc3cccc(C(F)(F)F)c3)c2c1C. The molecule has 1 N–H and O–H groups in total. The summed E-state index contributed by atoms with van der Waals surface area (Å²) in [6, 6.07) is 4.41. The molecule has 0 fully saturated rings. The highest BCUT2D eigenvalue weighted by atomic mass is 32.1. The maximum Gasteiger partial charge on any atom is 0.416 e. The summed E-state index contributed by atoms with van der Waals surface area (Å²) in [6.07, 6.45) is -3.13. The Morgan fingerprint density at radius 1 is 1.27 bits per heavy atom. The average molecular weight is 381 g/mol. The Hall–Kier alpha value is -2.68. The second kappa shape index (κ2) is 6.91. The molecule has 1 amide bonds. The summed E-state index contributed by atoms with van der Waals surface area (Å²) in [4.78, 5) is 22.1. The van der Waals surface area contributed by atoms with Crippen LogP contribution in [0.2, 0.25) is 0 Å². The van der Waals surface area contributed by atoms with E-state index in [1.165, 1.54) is 29.8 Å². The zero-order valence-corrected chi connectivity index (χ0v) is 14.7. The molecule has 136 valence electrons. The molecule has 0 aliphatic carbocycles. The van der Waals surface area contributed by atoms with Crippen LogP contribution in [0.25, 0.3) is 10.2 Å². The molecule has 0 radical (unpaired) electrons. The van der Waals surface area contributed by atoms with E-state index in [0.29, 0.717) is 0 Å². The van der Waals surface area contributed by atoms with Gasteiger partial charge in [-0.25, -0.2) is 9.97 Å². The van der Waals surface area contributed by atoms with E-state index >= 15 is 0 Å². The van der Waals surface area contributed by atoms with Crippen molar-refractivity contribution in [3.8, 4) is 5.88 Å². The molecule has 0 aliphatic heterocycles. The van der Waals surface area contributed by atoms with Gasteiger partial charge in [0.05, 0.1) is 10.9 Å². The summed E-state index contributed by atoms with van der Waals surface area (Å²) in [6.45, 7) is 3.48. The van der Waals surface area contributed by atoms with Crippen LogP contribution < -0.4 is 10.1 Å². The molecule has 26 heavy (non-hydrogen) atoms. The van der Waals surface area contributed by atoms with Crippen molar-refractivity contribution < 1.29 is 22.7 Å². The molecule has 9 heteroatoms. The Bertz CT molecular complexity index is 970. The molecular weight excluding hydrogens is 367 g/mol. The van der Waals surface area contributed by atoms with Crippen molar-refractivity contribution in [2.75, 3.05) is 11.9 Å². The number of carbonyl (C=O) groups excluding carboxylic acids is 1. The lowest BCUT2D eigenvalue weighted by Crippen LogP contribution is -2.21. The molecule has 2 heterocycles. The number of hydrogen-bond acceptors (Lipinski definition) is 5. The van der Waals surface area contributed by atoms with E-state index in [0.717, 1.165) is 32.8 Å². The van der Waals surface area contributed by atoms with Crippen molar-refractivity contribution >= 4 is 33.1 Å². The molecule has 3 aromatic rings. The van der Waals surface area contributed by atoms with E-state index in [1.807, 2.05) is 13.8 Å².